The standard InChI is InChI=1S/C12H16N2OS/c1-8-4-5-15-12(8)6-13-9(2)11-7-16-10(3)14-11/h4-5,7,9,13H,6H2,1-3H3. The summed E-state index contributed by atoms with van der Waals surface area (Å²) in [5.74, 6) is 0.999. The average molecular weight is 236 g/mol. The third-order valence-electron chi connectivity index (χ3n) is 2.62. The summed E-state index contributed by atoms with van der Waals surface area (Å²) in [6.45, 7) is 6.94. The van der Waals surface area contributed by atoms with Gasteiger partial charge >= 0.3 is 0 Å². The number of hydrogen-bond acceptors (Lipinski definition) is 4. The van der Waals surface area contributed by atoms with Crippen molar-refractivity contribution in [2.45, 2.75) is 33.4 Å². The van der Waals surface area contributed by atoms with Crippen LogP contribution in [0.1, 0.15) is 35.0 Å². The number of aromatic nitrogens is 1. The van der Waals surface area contributed by atoms with Gasteiger partial charge in [0, 0.05) is 11.4 Å². The normalized spacial score (nSPS) is 12.9. The van der Waals surface area contributed by atoms with Crippen LogP contribution in [0.15, 0.2) is 22.1 Å². The largest absolute Gasteiger partial charge is 0.468 e. The van der Waals surface area contributed by atoms with Crippen molar-refractivity contribution in [3.63, 3.8) is 0 Å². The fourth-order valence-corrected chi connectivity index (χ4v) is 2.22. The van der Waals surface area contributed by atoms with Gasteiger partial charge in [0.2, 0.25) is 0 Å². The maximum atomic E-state index is 5.38. The van der Waals surface area contributed by atoms with E-state index in [4.69, 9.17) is 4.42 Å². The minimum atomic E-state index is 0.259. The minimum Gasteiger partial charge on any atom is -0.468 e. The zero-order valence-corrected chi connectivity index (χ0v) is 10.6. The van der Waals surface area contributed by atoms with Gasteiger partial charge in [-0.1, -0.05) is 0 Å². The lowest BCUT2D eigenvalue weighted by Crippen LogP contribution is -2.18. The van der Waals surface area contributed by atoms with Crippen LogP contribution in [0.3, 0.4) is 0 Å². The molecule has 2 aromatic heterocycles. The third kappa shape index (κ3) is 2.51. The van der Waals surface area contributed by atoms with Crippen LogP contribution in [0.5, 0.6) is 0 Å². The van der Waals surface area contributed by atoms with Gasteiger partial charge in [0.05, 0.1) is 23.5 Å². The molecular formula is C12H16N2OS. The predicted octanol–water partition coefficient (Wildman–Crippen LogP) is 3.20. The molecule has 0 aliphatic heterocycles. The Balaban J connectivity index is 1.93. The lowest BCUT2D eigenvalue weighted by Gasteiger charge is -2.10. The molecule has 1 N–H and O–H groups in total. The summed E-state index contributed by atoms with van der Waals surface area (Å²) in [6.07, 6.45) is 1.73. The van der Waals surface area contributed by atoms with E-state index in [2.05, 4.69) is 29.5 Å². The van der Waals surface area contributed by atoms with E-state index in [9.17, 15) is 0 Å². The molecule has 16 heavy (non-hydrogen) atoms. The van der Waals surface area contributed by atoms with Crippen molar-refractivity contribution in [2.24, 2.45) is 0 Å². The van der Waals surface area contributed by atoms with Crippen molar-refractivity contribution >= 4 is 11.3 Å². The Morgan fingerprint density at radius 3 is 2.88 bits per heavy atom. The van der Waals surface area contributed by atoms with E-state index >= 15 is 0 Å². The highest BCUT2D eigenvalue weighted by atomic mass is 32.1. The zero-order valence-electron chi connectivity index (χ0n) is 9.78. The second kappa shape index (κ2) is 4.80. The van der Waals surface area contributed by atoms with E-state index in [0.717, 1.165) is 23.0 Å². The lowest BCUT2D eigenvalue weighted by molar-refractivity contribution is 0.455. The van der Waals surface area contributed by atoms with Crippen LogP contribution in [-0.2, 0) is 6.54 Å². The first-order valence-electron chi connectivity index (χ1n) is 5.35. The minimum absolute atomic E-state index is 0.259. The van der Waals surface area contributed by atoms with Crippen molar-refractivity contribution < 1.29 is 4.42 Å². The van der Waals surface area contributed by atoms with E-state index in [0.29, 0.717) is 0 Å². The van der Waals surface area contributed by atoms with Gasteiger partial charge in [0.25, 0.3) is 0 Å². The van der Waals surface area contributed by atoms with Crippen molar-refractivity contribution in [1.29, 1.82) is 0 Å². The predicted molar refractivity (Wildman–Crippen MR) is 65.6 cm³/mol. The van der Waals surface area contributed by atoms with Crippen LogP contribution in [0, 0.1) is 13.8 Å². The summed E-state index contributed by atoms with van der Waals surface area (Å²) >= 11 is 1.68. The molecule has 1 unspecified atom stereocenters. The van der Waals surface area contributed by atoms with Gasteiger partial charge in [-0.2, -0.15) is 0 Å². The molecule has 0 amide bonds. The number of nitrogens with zero attached hydrogens (tertiary/aromatic N) is 1. The topological polar surface area (TPSA) is 38.1 Å². The van der Waals surface area contributed by atoms with Crippen LogP contribution in [0.25, 0.3) is 0 Å². The molecule has 1 atom stereocenters. The van der Waals surface area contributed by atoms with E-state index in [-0.39, 0.29) is 6.04 Å². The first-order valence-corrected chi connectivity index (χ1v) is 6.23. The molecule has 0 saturated carbocycles. The molecule has 0 spiro atoms. The van der Waals surface area contributed by atoms with Crippen LogP contribution >= 0.6 is 11.3 Å². The second-order valence-corrected chi connectivity index (χ2v) is 4.98. The number of furan rings is 1. The number of nitrogens with one attached hydrogen (secondary N) is 1. The molecule has 0 bridgehead atoms. The SMILES string of the molecule is Cc1nc(C(C)NCc2occc2C)cs1. The maximum absolute atomic E-state index is 5.38. The number of thiazole rings is 1. The zero-order chi connectivity index (χ0) is 11.5. The van der Waals surface area contributed by atoms with Gasteiger partial charge in [0.1, 0.15) is 5.76 Å². The van der Waals surface area contributed by atoms with Gasteiger partial charge in [0.15, 0.2) is 0 Å². The summed E-state index contributed by atoms with van der Waals surface area (Å²) < 4.78 is 5.38. The van der Waals surface area contributed by atoms with Crippen LogP contribution in [0.4, 0.5) is 0 Å². The van der Waals surface area contributed by atoms with E-state index in [1.807, 2.05) is 13.0 Å². The molecule has 2 heterocycles. The molecule has 0 fully saturated rings. The van der Waals surface area contributed by atoms with E-state index < -0.39 is 0 Å². The van der Waals surface area contributed by atoms with Crippen molar-refractivity contribution in [2.75, 3.05) is 0 Å². The molecule has 0 aromatic carbocycles. The molecule has 4 heteroatoms. The van der Waals surface area contributed by atoms with Gasteiger partial charge in [-0.05, 0) is 32.4 Å². The molecular weight excluding hydrogens is 220 g/mol. The molecule has 0 saturated heterocycles. The Hall–Kier alpha value is -1.13. The summed E-state index contributed by atoms with van der Waals surface area (Å²) in [5.41, 5.74) is 2.29. The number of hydrogen-bond donors (Lipinski definition) is 1. The fraction of sp³-hybridized carbons (Fsp3) is 0.417. The van der Waals surface area contributed by atoms with E-state index in [1.54, 1.807) is 17.6 Å². The van der Waals surface area contributed by atoms with E-state index in [1.165, 1.54) is 5.56 Å². The van der Waals surface area contributed by atoms with Gasteiger partial charge in [-0.15, -0.1) is 11.3 Å². The molecule has 2 aromatic rings. The van der Waals surface area contributed by atoms with Crippen LogP contribution < -0.4 is 5.32 Å². The van der Waals surface area contributed by atoms with Gasteiger partial charge in [-0.25, -0.2) is 4.98 Å². The molecule has 0 radical (unpaired) electrons. The first kappa shape index (κ1) is 11.4. The van der Waals surface area contributed by atoms with Gasteiger partial charge < -0.3 is 9.73 Å². The first-order chi connectivity index (χ1) is 7.66. The second-order valence-electron chi connectivity index (χ2n) is 3.92. The smallest absolute Gasteiger partial charge is 0.120 e. The Morgan fingerprint density at radius 1 is 1.50 bits per heavy atom. The Labute approximate surface area is 99.5 Å². The fourth-order valence-electron chi connectivity index (χ4n) is 1.51. The monoisotopic (exact) mass is 236 g/mol. The third-order valence-corrected chi connectivity index (χ3v) is 3.41. The maximum Gasteiger partial charge on any atom is 0.120 e. The van der Waals surface area contributed by atoms with Crippen LogP contribution in [-0.4, -0.2) is 4.98 Å². The molecule has 86 valence electrons. The molecule has 2 rings (SSSR count). The highest BCUT2D eigenvalue weighted by Gasteiger charge is 2.09. The molecule has 0 aliphatic rings. The Morgan fingerprint density at radius 2 is 2.31 bits per heavy atom. The van der Waals surface area contributed by atoms with Gasteiger partial charge in [-0.3, -0.25) is 0 Å². The molecule has 3 nitrogen and oxygen atoms in total. The Kier molecular flexibility index (Phi) is 3.41. The van der Waals surface area contributed by atoms with Crippen molar-refractivity contribution in [3.8, 4) is 0 Å². The lowest BCUT2D eigenvalue weighted by atomic mass is 10.2. The van der Waals surface area contributed by atoms with Crippen molar-refractivity contribution in [1.82, 2.24) is 10.3 Å². The summed E-state index contributed by atoms with van der Waals surface area (Å²) in [5, 5.41) is 6.61. The number of aryl methyl sites for hydroxylation is 2. The van der Waals surface area contributed by atoms with Crippen LogP contribution in [0.2, 0.25) is 0 Å². The summed E-state index contributed by atoms with van der Waals surface area (Å²) in [4.78, 5) is 4.46. The summed E-state index contributed by atoms with van der Waals surface area (Å²) in [6, 6.07) is 2.24. The number of rotatable bonds is 4. The Bertz CT molecular complexity index is 461. The molecule has 0 aliphatic carbocycles. The quantitative estimate of drug-likeness (QED) is 0.885. The highest BCUT2D eigenvalue weighted by molar-refractivity contribution is 7.09. The average Bonchev–Trinajstić information content (AvgIpc) is 2.84. The van der Waals surface area contributed by atoms with Crippen molar-refractivity contribution in [3.05, 3.63) is 39.7 Å². The summed E-state index contributed by atoms with van der Waals surface area (Å²) in [7, 11) is 0. The highest BCUT2D eigenvalue weighted by Crippen LogP contribution is 2.17.